The second-order valence-corrected chi connectivity index (χ2v) is 4.47. The molecule has 0 aromatic heterocycles. The fourth-order valence-electron chi connectivity index (χ4n) is 1.20. The molecule has 3 unspecified atom stereocenters. The van der Waals surface area contributed by atoms with Crippen LogP contribution >= 0.6 is 0 Å². The minimum atomic E-state index is -0.129. The molecule has 0 spiro atoms. The monoisotopic (exact) mass is 234 g/mol. The van der Waals surface area contributed by atoms with Gasteiger partial charge in [0.15, 0.2) is 0 Å². The lowest BCUT2D eigenvalue weighted by molar-refractivity contribution is -0.0840. The van der Waals surface area contributed by atoms with Gasteiger partial charge >= 0.3 is 0 Å². The van der Waals surface area contributed by atoms with Crippen LogP contribution in [0.3, 0.4) is 0 Å². The highest BCUT2D eigenvalue weighted by atomic mass is 16.6. The molecule has 0 aliphatic rings. The molecule has 0 bridgehead atoms. The second-order valence-electron chi connectivity index (χ2n) is 4.47. The van der Waals surface area contributed by atoms with Crippen LogP contribution < -0.4 is 0 Å². The maximum atomic E-state index is 8.78. The molecule has 16 heavy (non-hydrogen) atoms. The molecule has 4 nitrogen and oxygen atoms in total. The zero-order valence-electron chi connectivity index (χ0n) is 11.1. The van der Waals surface area contributed by atoms with Gasteiger partial charge in [0.05, 0.1) is 44.2 Å². The molecule has 0 heterocycles. The van der Waals surface area contributed by atoms with Gasteiger partial charge in [-0.15, -0.1) is 0 Å². The van der Waals surface area contributed by atoms with Gasteiger partial charge in [-0.2, -0.15) is 0 Å². The van der Waals surface area contributed by atoms with Crippen LogP contribution in [-0.4, -0.2) is 49.3 Å². The molecule has 98 valence electrons. The molecular formula is C12H26O4. The average Bonchev–Trinajstić information content (AvgIpc) is 2.22. The van der Waals surface area contributed by atoms with Gasteiger partial charge in [0.25, 0.3) is 0 Å². The van der Waals surface area contributed by atoms with Crippen molar-refractivity contribution in [1.82, 2.24) is 0 Å². The standard InChI is InChI=1S/C12H26O4/c1-9(2)16-12(5)8-15-11(4)7-14-10(3)6-13/h9-13H,6-8H2,1-5H3. The van der Waals surface area contributed by atoms with E-state index in [2.05, 4.69) is 0 Å². The maximum Gasteiger partial charge on any atom is 0.0784 e. The summed E-state index contributed by atoms with van der Waals surface area (Å²) in [7, 11) is 0. The maximum absolute atomic E-state index is 8.78. The lowest BCUT2D eigenvalue weighted by atomic mass is 10.3. The van der Waals surface area contributed by atoms with Crippen molar-refractivity contribution in [3.05, 3.63) is 0 Å². The Morgan fingerprint density at radius 1 is 0.812 bits per heavy atom. The van der Waals surface area contributed by atoms with E-state index >= 15 is 0 Å². The van der Waals surface area contributed by atoms with E-state index in [4.69, 9.17) is 19.3 Å². The highest BCUT2D eigenvalue weighted by Crippen LogP contribution is 2.01. The Kier molecular flexibility index (Phi) is 8.84. The minimum absolute atomic E-state index is 0.0206. The lowest BCUT2D eigenvalue weighted by Crippen LogP contribution is -2.27. The van der Waals surface area contributed by atoms with E-state index < -0.39 is 0 Å². The Hall–Kier alpha value is -0.160. The summed E-state index contributed by atoms with van der Waals surface area (Å²) in [4.78, 5) is 0. The lowest BCUT2D eigenvalue weighted by Gasteiger charge is -2.20. The van der Waals surface area contributed by atoms with E-state index in [-0.39, 0.29) is 31.0 Å². The fourth-order valence-corrected chi connectivity index (χ4v) is 1.20. The summed E-state index contributed by atoms with van der Waals surface area (Å²) in [6, 6.07) is 0. The van der Waals surface area contributed by atoms with Crippen LogP contribution in [0.4, 0.5) is 0 Å². The third-order valence-corrected chi connectivity index (χ3v) is 1.99. The Labute approximate surface area is 98.9 Å². The first-order chi connectivity index (χ1) is 7.45. The molecule has 0 rings (SSSR count). The zero-order chi connectivity index (χ0) is 12.6. The van der Waals surface area contributed by atoms with E-state index in [0.29, 0.717) is 13.2 Å². The number of rotatable bonds is 9. The molecule has 0 amide bonds. The number of hydrogen-bond acceptors (Lipinski definition) is 4. The molecule has 0 aromatic carbocycles. The summed E-state index contributed by atoms with van der Waals surface area (Å²) in [6.45, 7) is 10.9. The van der Waals surface area contributed by atoms with Gasteiger partial charge in [-0.25, -0.2) is 0 Å². The van der Waals surface area contributed by atoms with Gasteiger partial charge in [-0.05, 0) is 34.6 Å². The van der Waals surface area contributed by atoms with Crippen molar-refractivity contribution in [1.29, 1.82) is 0 Å². The summed E-state index contributed by atoms with van der Waals surface area (Å²) in [5.74, 6) is 0. The Morgan fingerprint density at radius 3 is 1.81 bits per heavy atom. The van der Waals surface area contributed by atoms with Crippen molar-refractivity contribution in [2.24, 2.45) is 0 Å². The second kappa shape index (κ2) is 8.93. The Balaban J connectivity index is 3.52. The predicted molar refractivity (Wildman–Crippen MR) is 63.6 cm³/mol. The van der Waals surface area contributed by atoms with Crippen molar-refractivity contribution in [2.75, 3.05) is 19.8 Å². The first kappa shape index (κ1) is 15.8. The van der Waals surface area contributed by atoms with Crippen molar-refractivity contribution in [2.45, 2.75) is 59.0 Å². The molecule has 0 saturated carbocycles. The summed E-state index contributed by atoms with van der Waals surface area (Å²) in [6.07, 6.45) is 0.208. The molecule has 4 heteroatoms. The molecule has 0 saturated heterocycles. The van der Waals surface area contributed by atoms with Gasteiger partial charge in [0.2, 0.25) is 0 Å². The Bertz CT molecular complexity index is 161. The van der Waals surface area contributed by atoms with Crippen LogP contribution in [0, 0.1) is 0 Å². The summed E-state index contributed by atoms with van der Waals surface area (Å²) in [5, 5.41) is 8.78. The van der Waals surface area contributed by atoms with E-state index in [1.807, 2.05) is 34.6 Å². The van der Waals surface area contributed by atoms with Crippen LogP contribution in [0.15, 0.2) is 0 Å². The van der Waals surface area contributed by atoms with Crippen molar-refractivity contribution in [3.63, 3.8) is 0 Å². The third kappa shape index (κ3) is 9.09. The quantitative estimate of drug-likeness (QED) is 0.658. The van der Waals surface area contributed by atoms with Crippen molar-refractivity contribution < 1.29 is 19.3 Å². The smallest absolute Gasteiger partial charge is 0.0784 e. The zero-order valence-corrected chi connectivity index (χ0v) is 11.1. The first-order valence-electron chi connectivity index (χ1n) is 5.95. The third-order valence-electron chi connectivity index (χ3n) is 1.99. The predicted octanol–water partition coefficient (Wildman–Crippen LogP) is 1.60. The topological polar surface area (TPSA) is 47.9 Å². The highest BCUT2D eigenvalue weighted by Gasteiger charge is 2.10. The fraction of sp³-hybridized carbons (Fsp3) is 1.00. The molecule has 0 aliphatic carbocycles. The van der Waals surface area contributed by atoms with Crippen molar-refractivity contribution in [3.8, 4) is 0 Å². The van der Waals surface area contributed by atoms with Crippen LogP contribution in [0.25, 0.3) is 0 Å². The van der Waals surface area contributed by atoms with Crippen LogP contribution in [0.1, 0.15) is 34.6 Å². The van der Waals surface area contributed by atoms with Crippen LogP contribution in [0.5, 0.6) is 0 Å². The average molecular weight is 234 g/mol. The largest absolute Gasteiger partial charge is 0.394 e. The molecular weight excluding hydrogens is 208 g/mol. The molecule has 0 radical (unpaired) electrons. The van der Waals surface area contributed by atoms with Gasteiger partial charge in [-0.3, -0.25) is 0 Å². The van der Waals surface area contributed by atoms with Gasteiger partial charge < -0.3 is 19.3 Å². The van der Waals surface area contributed by atoms with Gasteiger partial charge in [0, 0.05) is 0 Å². The minimum Gasteiger partial charge on any atom is -0.394 e. The van der Waals surface area contributed by atoms with Gasteiger partial charge in [0.1, 0.15) is 0 Å². The number of hydrogen-bond donors (Lipinski definition) is 1. The number of aliphatic hydroxyl groups excluding tert-OH is 1. The number of aliphatic hydroxyl groups is 1. The summed E-state index contributed by atoms with van der Waals surface area (Å²) < 4.78 is 16.5. The normalized spacial score (nSPS) is 17.4. The molecule has 0 fully saturated rings. The summed E-state index contributed by atoms with van der Waals surface area (Å²) in [5.41, 5.74) is 0. The molecule has 0 aromatic rings. The van der Waals surface area contributed by atoms with Crippen LogP contribution in [-0.2, 0) is 14.2 Å². The SMILES string of the molecule is CC(C)OC(C)COC(C)COC(C)CO. The first-order valence-corrected chi connectivity index (χ1v) is 5.95. The van der Waals surface area contributed by atoms with Gasteiger partial charge in [-0.1, -0.05) is 0 Å². The van der Waals surface area contributed by atoms with Crippen LogP contribution in [0.2, 0.25) is 0 Å². The Morgan fingerprint density at radius 2 is 1.31 bits per heavy atom. The van der Waals surface area contributed by atoms with E-state index in [0.717, 1.165) is 0 Å². The van der Waals surface area contributed by atoms with E-state index in [1.54, 1.807) is 0 Å². The van der Waals surface area contributed by atoms with E-state index in [9.17, 15) is 0 Å². The molecule has 3 atom stereocenters. The highest BCUT2D eigenvalue weighted by molar-refractivity contribution is 4.55. The molecule has 1 N–H and O–H groups in total. The van der Waals surface area contributed by atoms with E-state index in [1.165, 1.54) is 0 Å². The molecule has 0 aliphatic heterocycles. The summed E-state index contributed by atoms with van der Waals surface area (Å²) >= 11 is 0. The number of ether oxygens (including phenoxy) is 3. The van der Waals surface area contributed by atoms with Crippen molar-refractivity contribution >= 4 is 0 Å².